The van der Waals surface area contributed by atoms with Gasteiger partial charge in [-0.25, -0.2) is 0 Å². The van der Waals surface area contributed by atoms with Crippen LogP contribution in [0.25, 0.3) is 0 Å². The molecular weight excluding hydrogens is 488 g/mol. The number of benzene rings is 3. The molecule has 0 aliphatic carbocycles. The van der Waals surface area contributed by atoms with Gasteiger partial charge in [-0.05, 0) is 79.4 Å². The highest BCUT2D eigenvalue weighted by atomic mass is 35.5. The van der Waals surface area contributed by atoms with E-state index in [2.05, 4.69) is 5.32 Å². The average molecular weight is 521 g/mol. The number of aliphatic hydroxyl groups is 1. The lowest BCUT2D eigenvalue weighted by atomic mass is 9.79. The molecule has 1 unspecified atom stereocenters. The van der Waals surface area contributed by atoms with Crippen molar-refractivity contribution in [3.8, 4) is 11.5 Å². The van der Waals surface area contributed by atoms with Gasteiger partial charge in [-0.15, -0.1) is 0 Å². The third kappa shape index (κ3) is 4.81. The van der Waals surface area contributed by atoms with Gasteiger partial charge >= 0.3 is 0 Å². The molecule has 3 aromatic rings. The topological polar surface area (TPSA) is 71.0 Å². The summed E-state index contributed by atoms with van der Waals surface area (Å²) in [6.07, 6.45) is 0.207. The summed E-state index contributed by atoms with van der Waals surface area (Å²) >= 11 is 6.21. The fraction of sp³-hybridized carbons (Fsp3) is 0.367. The number of fused-ring (bicyclic) bond motifs is 1. The van der Waals surface area contributed by atoms with E-state index in [1.807, 2.05) is 86.3 Å². The van der Waals surface area contributed by atoms with E-state index in [0.717, 1.165) is 41.0 Å². The fourth-order valence-corrected chi connectivity index (χ4v) is 5.34. The zero-order chi connectivity index (χ0) is 26.3. The number of methoxy groups -OCH3 is 1. The molecule has 0 bridgehead atoms. The Bertz CT molecular complexity index is 1280. The van der Waals surface area contributed by atoms with Crippen molar-refractivity contribution in [1.82, 2.24) is 5.32 Å². The van der Waals surface area contributed by atoms with Crippen LogP contribution in [0.15, 0.2) is 60.7 Å². The fourth-order valence-electron chi connectivity index (χ4n) is 5.21. The van der Waals surface area contributed by atoms with Crippen molar-refractivity contribution in [2.24, 2.45) is 5.92 Å². The van der Waals surface area contributed by atoms with E-state index < -0.39 is 5.60 Å². The summed E-state index contributed by atoms with van der Waals surface area (Å²) < 4.78 is 11.7. The molecule has 2 heterocycles. The second-order valence-electron chi connectivity index (χ2n) is 10.3. The van der Waals surface area contributed by atoms with Crippen molar-refractivity contribution in [1.29, 1.82) is 0 Å². The molecule has 5 rings (SSSR count). The van der Waals surface area contributed by atoms with Crippen molar-refractivity contribution in [2.45, 2.75) is 44.9 Å². The predicted molar refractivity (Wildman–Crippen MR) is 146 cm³/mol. The summed E-state index contributed by atoms with van der Waals surface area (Å²) in [5.41, 5.74) is 3.51. The summed E-state index contributed by atoms with van der Waals surface area (Å²) in [6.45, 7) is 7.39. The first-order valence-corrected chi connectivity index (χ1v) is 13.1. The molecule has 194 valence electrons. The van der Waals surface area contributed by atoms with Crippen LogP contribution in [0, 0.1) is 5.92 Å². The Hall–Kier alpha value is -3.06. The van der Waals surface area contributed by atoms with E-state index in [-0.39, 0.29) is 30.4 Å². The first-order valence-electron chi connectivity index (χ1n) is 12.7. The molecule has 1 saturated heterocycles. The Morgan fingerprint density at radius 2 is 1.73 bits per heavy atom. The third-order valence-corrected chi connectivity index (χ3v) is 7.70. The average Bonchev–Trinajstić information content (AvgIpc) is 2.82. The molecule has 1 amide bonds. The summed E-state index contributed by atoms with van der Waals surface area (Å²) in [5.74, 6) is 1.40. The zero-order valence-electron chi connectivity index (χ0n) is 21.6. The quantitative estimate of drug-likeness (QED) is 0.446. The lowest BCUT2D eigenvalue weighted by Gasteiger charge is -2.41. The van der Waals surface area contributed by atoms with Crippen molar-refractivity contribution in [3.05, 3.63) is 87.9 Å². The zero-order valence-corrected chi connectivity index (χ0v) is 22.4. The lowest BCUT2D eigenvalue weighted by Crippen LogP contribution is -2.52. The van der Waals surface area contributed by atoms with Gasteiger partial charge in [0.2, 0.25) is 5.91 Å². The van der Waals surface area contributed by atoms with E-state index in [9.17, 15) is 9.90 Å². The highest BCUT2D eigenvalue weighted by Crippen LogP contribution is 2.44. The monoisotopic (exact) mass is 520 g/mol. The molecule has 2 aliphatic rings. The minimum Gasteiger partial charge on any atom is -0.493 e. The van der Waals surface area contributed by atoms with Gasteiger partial charge in [0.15, 0.2) is 11.5 Å². The first-order chi connectivity index (χ1) is 17.7. The maximum Gasteiger partial charge on any atom is 0.232 e. The lowest BCUT2D eigenvalue weighted by molar-refractivity contribution is -0.118. The summed E-state index contributed by atoms with van der Waals surface area (Å²) in [7, 11) is 1.61. The summed E-state index contributed by atoms with van der Waals surface area (Å²) in [6, 6.07) is 18.8. The van der Waals surface area contributed by atoms with Crippen molar-refractivity contribution in [2.75, 3.05) is 25.1 Å². The van der Waals surface area contributed by atoms with Gasteiger partial charge in [0.1, 0.15) is 0 Å². The molecule has 0 spiro atoms. The van der Waals surface area contributed by atoms with E-state index in [1.165, 1.54) is 0 Å². The number of hydrogen-bond acceptors (Lipinski definition) is 5. The van der Waals surface area contributed by atoms with Crippen LogP contribution in [0.5, 0.6) is 11.5 Å². The van der Waals surface area contributed by atoms with Crippen LogP contribution in [0.2, 0.25) is 5.02 Å². The van der Waals surface area contributed by atoms with Crippen LogP contribution < -0.4 is 19.7 Å². The minimum absolute atomic E-state index is 0.0188. The number of amides is 1. The molecule has 37 heavy (non-hydrogen) atoms. The maximum absolute atomic E-state index is 13.7. The number of rotatable bonds is 7. The minimum atomic E-state index is -0.933. The molecule has 2 atom stereocenters. The number of nitrogens with one attached hydrogen (secondary N) is 1. The predicted octanol–water partition coefficient (Wildman–Crippen LogP) is 5.24. The Labute approximate surface area is 223 Å². The van der Waals surface area contributed by atoms with Gasteiger partial charge in [-0.3, -0.25) is 4.79 Å². The van der Waals surface area contributed by atoms with E-state index in [0.29, 0.717) is 16.5 Å². The number of anilines is 1. The van der Waals surface area contributed by atoms with Crippen molar-refractivity contribution in [3.63, 3.8) is 0 Å². The summed E-state index contributed by atoms with van der Waals surface area (Å²) in [5, 5.41) is 15.0. The second-order valence-corrected chi connectivity index (χ2v) is 10.7. The largest absolute Gasteiger partial charge is 0.493 e. The molecule has 7 heteroatoms. The normalized spacial score (nSPS) is 19.3. The Balaban J connectivity index is 1.61. The van der Waals surface area contributed by atoms with Crippen molar-refractivity contribution >= 4 is 23.2 Å². The Morgan fingerprint density at radius 1 is 1.05 bits per heavy atom. The van der Waals surface area contributed by atoms with Gasteiger partial charge in [0.05, 0.1) is 31.3 Å². The molecule has 0 radical (unpaired) electrons. The number of carbonyl (C=O) groups excluding carboxylic acids is 1. The van der Waals surface area contributed by atoms with E-state index in [4.69, 9.17) is 21.1 Å². The smallest absolute Gasteiger partial charge is 0.232 e. The van der Waals surface area contributed by atoms with Crippen LogP contribution in [-0.4, -0.2) is 37.3 Å². The van der Waals surface area contributed by atoms with Crippen molar-refractivity contribution < 1.29 is 19.4 Å². The standard InChI is InChI=1S/C30H33ClN2O4/c1-18(2)37-27-15-25-20(13-26(27)36-4)14-28(34)33(29(25)19-5-9-23(31)10-6-19)24-11-7-21(8-12-24)30(3,35)22-16-32-17-22/h5-13,15,18,22,29,32,35H,14,16-17H2,1-4H3/t29?,30-/m1/s1. The SMILES string of the molecule is COc1cc2c(cc1OC(C)C)C(c1ccc(Cl)cc1)N(c1ccc([C@@](C)(O)C3CNC3)cc1)C(=O)C2. The molecule has 3 aromatic carbocycles. The van der Waals surface area contributed by atoms with Crippen LogP contribution in [0.4, 0.5) is 5.69 Å². The molecular formula is C30H33ClN2O4. The Kier molecular flexibility index (Phi) is 6.92. The summed E-state index contributed by atoms with van der Waals surface area (Å²) in [4.78, 5) is 15.5. The third-order valence-electron chi connectivity index (χ3n) is 7.44. The van der Waals surface area contributed by atoms with E-state index >= 15 is 0 Å². The van der Waals surface area contributed by atoms with Crippen LogP contribution in [0.1, 0.15) is 49.1 Å². The van der Waals surface area contributed by atoms with Crippen LogP contribution in [0.3, 0.4) is 0 Å². The number of nitrogens with zero attached hydrogens (tertiary/aromatic N) is 1. The van der Waals surface area contributed by atoms with Crippen LogP contribution in [-0.2, 0) is 16.8 Å². The molecule has 2 N–H and O–H groups in total. The van der Waals surface area contributed by atoms with Gasteiger partial charge in [0.25, 0.3) is 0 Å². The number of carbonyl (C=O) groups is 1. The van der Waals surface area contributed by atoms with Gasteiger partial charge in [-0.1, -0.05) is 35.9 Å². The molecule has 1 fully saturated rings. The number of halogens is 1. The first kappa shape index (κ1) is 25.6. The molecule has 6 nitrogen and oxygen atoms in total. The van der Waals surface area contributed by atoms with Crippen LogP contribution >= 0.6 is 11.6 Å². The number of hydrogen-bond donors (Lipinski definition) is 2. The maximum atomic E-state index is 13.7. The number of ether oxygens (including phenoxy) is 2. The van der Waals surface area contributed by atoms with E-state index in [1.54, 1.807) is 7.11 Å². The molecule has 2 aliphatic heterocycles. The molecule has 0 aromatic heterocycles. The van der Waals surface area contributed by atoms with Gasteiger partial charge in [-0.2, -0.15) is 0 Å². The second kappa shape index (κ2) is 10.0. The Morgan fingerprint density at radius 3 is 2.30 bits per heavy atom. The molecule has 0 saturated carbocycles. The highest BCUT2D eigenvalue weighted by Gasteiger charge is 2.39. The van der Waals surface area contributed by atoms with Gasteiger partial charge in [0, 0.05) is 29.7 Å². The van der Waals surface area contributed by atoms with Gasteiger partial charge < -0.3 is 24.8 Å². The highest BCUT2D eigenvalue weighted by molar-refractivity contribution is 6.30.